The van der Waals surface area contributed by atoms with Crippen molar-refractivity contribution in [2.75, 3.05) is 7.05 Å². The van der Waals surface area contributed by atoms with E-state index in [9.17, 15) is 4.79 Å². The molecule has 0 aliphatic rings. The Morgan fingerprint density at radius 1 is 1.42 bits per heavy atom. The number of hydrogen-bond acceptors (Lipinski definition) is 4. The maximum Gasteiger partial charge on any atom is 0.320 e. The first kappa shape index (κ1) is 13.3. The predicted molar refractivity (Wildman–Crippen MR) is 70.5 cm³/mol. The van der Waals surface area contributed by atoms with Crippen molar-refractivity contribution in [2.24, 2.45) is 0 Å². The number of carbonyl (C=O) groups is 1. The molecule has 0 bridgehead atoms. The van der Waals surface area contributed by atoms with Crippen molar-refractivity contribution in [3.05, 3.63) is 42.1 Å². The van der Waals surface area contributed by atoms with Gasteiger partial charge in [-0.15, -0.1) is 0 Å². The van der Waals surface area contributed by atoms with Crippen molar-refractivity contribution in [1.82, 2.24) is 10.1 Å². The van der Waals surface area contributed by atoms with Gasteiger partial charge in [-0.1, -0.05) is 35.5 Å². The van der Waals surface area contributed by atoms with Gasteiger partial charge in [-0.3, -0.25) is 9.69 Å². The van der Waals surface area contributed by atoms with Gasteiger partial charge in [-0.05, 0) is 14.0 Å². The predicted octanol–water partition coefficient (Wildman–Crippen LogP) is 2.25. The normalized spacial score (nSPS) is 12.6. The second kappa shape index (κ2) is 5.67. The molecule has 1 unspecified atom stereocenters. The molecule has 1 aromatic carbocycles. The molecule has 0 aliphatic carbocycles. The second-order valence-electron chi connectivity index (χ2n) is 4.48. The van der Waals surface area contributed by atoms with Crippen LogP contribution in [0.25, 0.3) is 11.3 Å². The average molecular weight is 260 g/mol. The lowest BCUT2D eigenvalue weighted by Gasteiger charge is -2.19. The first-order chi connectivity index (χ1) is 9.08. The summed E-state index contributed by atoms with van der Waals surface area (Å²) in [6.07, 6.45) is 0. The first-order valence-electron chi connectivity index (χ1n) is 6.02. The molecule has 5 heteroatoms. The van der Waals surface area contributed by atoms with E-state index in [2.05, 4.69) is 5.16 Å². The molecule has 0 spiro atoms. The van der Waals surface area contributed by atoms with Crippen LogP contribution in [0.4, 0.5) is 0 Å². The summed E-state index contributed by atoms with van der Waals surface area (Å²) in [6, 6.07) is 10.9. The molecule has 19 heavy (non-hydrogen) atoms. The lowest BCUT2D eigenvalue weighted by molar-refractivity contribution is -0.142. The van der Waals surface area contributed by atoms with Crippen LogP contribution in [-0.2, 0) is 11.3 Å². The quantitative estimate of drug-likeness (QED) is 0.893. The minimum absolute atomic E-state index is 0.434. The smallest absolute Gasteiger partial charge is 0.320 e. The van der Waals surface area contributed by atoms with E-state index in [1.807, 2.05) is 36.4 Å². The molecule has 0 saturated heterocycles. The van der Waals surface area contributed by atoms with Gasteiger partial charge < -0.3 is 9.63 Å². The standard InChI is InChI=1S/C14H16N2O3/c1-10(14(17)18)16(2)9-12-8-13(19-15-12)11-6-4-3-5-7-11/h3-8,10H,9H2,1-2H3,(H,17,18). The van der Waals surface area contributed by atoms with Crippen LogP contribution in [0.1, 0.15) is 12.6 Å². The lowest BCUT2D eigenvalue weighted by Crippen LogP contribution is -2.35. The molecule has 0 radical (unpaired) electrons. The number of benzene rings is 1. The molecule has 1 heterocycles. The van der Waals surface area contributed by atoms with Gasteiger partial charge in [0.2, 0.25) is 0 Å². The molecule has 1 N–H and O–H groups in total. The molecule has 0 saturated carbocycles. The Bertz CT molecular complexity index is 551. The van der Waals surface area contributed by atoms with Crippen molar-refractivity contribution >= 4 is 5.97 Å². The van der Waals surface area contributed by atoms with Gasteiger partial charge in [0.15, 0.2) is 5.76 Å². The number of carboxylic acid groups (broad SMARTS) is 1. The largest absolute Gasteiger partial charge is 0.480 e. The number of hydrogen-bond donors (Lipinski definition) is 1. The Balaban J connectivity index is 2.08. The summed E-state index contributed by atoms with van der Waals surface area (Å²) in [5, 5.41) is 12.9. The van der Waals surface area contributed by atoms with E-state index >= 15 is 0 Å². The molecule has 2 rings (SSSR count). The summed E-state index contributed by atoms with van der Waals surface area (Å²) < 4.78 is 5.27. The summed E-state index contributed by atoms with van der Waals surface area (Å²) in [5.41, 5.74) is 1.67. The minimum atomic E-state index is -0.853. The minimum Gasteiger partial charge on any atom is -0.480 e. The monoisotopic (exact) mass is 260 g/mol. The van der Waals surface area contributed by atoms with Crippen LogP contribution in [0, 0.1) is 0 Å². The van der Waals surface area contributed by atoms with E-state index in [1.165, 1.54) is 0 Å². The summed E-state index contributed by atoms with van der Waals surface area (Å²) >= 11 is 0. The van der Waals surface area contributed by atoms with Crippen LogP contribution in [0.15, 0.2) is 40.9 Å². The van der Waals surface area contributed by atoms with Crippen LogP contribution in [0.3, 0.4) is 0 Å². The number of carboxylic acids is 1. The highest BCUT2D eigenvalue weighted by Gasteiger charge is 2.18. The molecule has 100 valence electrons. The summed E-state index contributed by atoms with van der Waals surface area (Å²) in [6.45, 7) is 2.07. The number of aromatic nitrogens is 1. The molecule has 5 nitrogen and oxygen atoms in total. The Kier molecular flexibility index (Phi) is 3.97. The highest BCUT2D eigenvalue weighted by Crippen LogP contribution is 2.20. The highest BCUT2D eigenvalue weighted by atomic mass is 16.5. The van der Waals surface area contributed by atoms with Gasteiger partial charge in [-0.25, -0.2) is 0 Å². The van der Waals surface area contributed by atoms with E-state index in [4.69, 9.17) is 9.63 Å². The van der Waals surface area contributed by atoms with Crippen LogP contribution in [0.5, 0.6) is 0 Å². The molecule has 1 atom stereocenters. The van der Waals surface area contributed by atoms with Crippen molar-refractivity contribution in [2.45, 2.75) is 19.5 Å². The topological polar surface area (TPSA) is 66.6 Å². The van der Waals surface area contributed by atoms with Gasteiger partial charge in [0.1, 0.15) is 6.04 Å². The van der Waals surface area contributed by atoms with Gasteiger partial charge >= 0.3 is 5.97 Å². The fraction of sp³-hybridized carbons (Fsp3) is 0.286. The summed E-state index contributed by atoms with van der Waals surface area (Å²) in [5.74, 6) is -0.166. The second-order valence-corrected chi connectivity index (χ2v) is 4.48. The Hall–Kier alpha value is -2.14. The third-order valence-electron chi connectivity index (χ3n) is 3.05. The Labute approximate surface area is 111 Å². The van der Waals surface area contributed by atoms with E-state index < -0.39 is 12.0 Å². The SMILES string of the molecule is CC(C(=O)O)N(C)Cc1cc(-c2ccccc2)on1. The van der Waals surface area contributed by atoms with E-state index in [0.717, 1.165) is 11.3 Å². The van der Waals surface area contributed by atoms with Crippen molar-refractivity contribution < 1.29 is 14.4 Å². The number of likely N-dealkylation sites (N-methyl/N-ethyl adjacent to an activating group) is 1. The van der Waals surface area contributed by atoms with Gasteiger partial charge in [0, 0.05) is 18.2 Å². The van der Waals surface area contributed by atoms with E-state index in [-0.39, 0.29) is 0 Å². The lowest BCUT2D eigenvalue weighted by atomic mass is 10.1. The Morgan fingerprint density at radius 2 is 2.11 bits per heavy atom. The number of aliphatic carboxylic acids is 1. The molecular formula is C14H16N2O3. The molecule has 2 aromatic rings. The van der Waals surface area contributed by atoms with Crippen LogP contribution >= 0.6 is 0 Å². The first-order valence-corrected chi connectivity index (χ1v) is 6.02. The van der Waals surface area contributed by atoms with Crippen LogP contribution < -0.4 is 0 Å². The average Bonchev–Trinajstić information content (AvgIpc) is 2.87. The number of rotatable bonds is 5. The zero-order valence-electron chi connectivity index (χ0n) is 10.9. The van der Waals surface area contributed by atoms with E-state index in [0.29, 0.717) is 12.3 Å². The fourth-order valence-electron chi connectivity index (χ4n) is 1.71. The van der Waals surface area contributed by atoms with Crippen LogP contribution in [0.2, 0.25) is 0 Å². The summed E-state index contributed by atoms with van der Waals surface area (Å²) in [7, 11) is 1.75. The maximum absolute atomic E-state index is 10.9. The Morgan fingerprint density at radius 3 is 2.74 bits per heavy atom. The maximum atomic E-state index is 10.9. The van der Waals surface area contributed by atoms with Gasteiger partial charge in [0.25, 0.3) is 0 Å². The fourth-order valence-corrected chi connectivity index (χ4v) is 1.71. The third kappa shape index (κ3) is 3.20. The third-order valence-corrected chi connectivity index (χ3v) is 3.05. The molecular weight excluding hydrogens is 244 g/mol. The van der Waals surface area contributed by atoms with Gasteiger partial charge in [0.05, 0.1) is 5.69 Å². The zero-order valence-corrected chi connectivity index (χ0v) is 10.9. The van der Waals surface area contributed by atoms with Crippen molar-refractivity contribution in [3.63, 3.8) is 0 Å². The molecule has 0 aliphatic heterocycles. The zero-order chi connectivity index (χ0) is 13.8. The van der Waals surface area contributed by atoms with Gasteiger partial charge in [-0.2, -0.15) is 0 Å². The summed E-state index contributed by atoms with van der Waals surface area (Å²) in [4.78, 5) is 12.6. The van der Waals surface area contributed by atoms with Crippen LogP contribution in [-0.4, -0.2) is 34.2 Å². The van der Waals surface area contributed by atoms with Crippen molar-refractivity contribution in [1.29, 1.82) is 0 Å². The number of nitrogens with zero attached hydrogens (tertiary/aromatic N) is 2. The van der Waals surface area contributed by atoms with Crippen molar-refractivity contribution in [3.8, 4) is 11.3 Å². The molecule has 0 amide bonds. The highest BCUT2D eigenvalue weighted by molar-refractivity contribution is 5.72. The van der Waals surface area contributed by atoms with E-state index in [1.54, 1.807) is 18.9 Å². The molecule has 1 aromatic heterocycles. The molecule has 0 fully saturated rings.